The molecule has 102 valence electrons. The van der Waals surface area contributed by atoms with Gasteiger partial charge in [-0.1, -0.05) is 6.92 Å². The van der Waals surface area contributed by atoms with E-state index in [0.29, 0.717) is 17.2 Å². The van der Waals surface area contributed by atoms with E-state index in [1.807, 2.05) is 13.0 Å². The van der Waals surface area contributed by atoms with Crippen LogP contribution < -0.4 is 19.5 Å². The Morgan fingerprint density at radius 2 is 1.78 bits per heavy atom. The third-order valence-electron chi connectivity index (χ3n) is 2.74. The normalized spacial score (nSPS) is 12.1. The highest BCUT2D eigenvalue weighted by Crippen LogP contribution is 2.41. The Morgan fingerprint density at radius 3 is 2.22 bits per heavy atom. The van der Waals surface area contributed by atoms with Crippen LogP contribution in [-0.4, -0.2) is 39.6 Å². The molecule has 0 bridgehead atoms. The zero-order chi connectivity index (χ0) is 13.5. The lowest BCUT2D eigenvalue weighted by atomic mass is 10.0. The maximum atomic E-state index is 9.43. The molecule has 2 N–H and O–H groups in total. The van der Waals surface area contributed by atoms with Gasteiger partial charge < -0.3 is 24.6 Å². The summed E-state index contributed by atoms with van der Waals surface area (Å²) < 4.78 is 15.9. The van der Waals surface area contributed by atoms with Crippen molar-refractivity contribution in [2.24, 2.45) is 0 Å². The van der Waals surface area contributed by atoms with Crippen LogP contribution in [0.15, 0.2) is 12.1 Å². The van der Waals surface area contributed by atoms with Crippen molar-refractivity contribution in [1.29, 1.82) is 0 Å². The SMILES string of the molecule is CCNC(CO)c1ccc(OC)c(OC)c1OC. The van der Waals surface area contributed by atoms with Crippen LogP contribution in [0.5, 0.6) is 17.2 Å². The molecule has 5 nitrogen and oxygen atoms in total. The van der Waals surface area contributed by atoms with E-state index in [0.717, 1.165) is 12.1 Å². The number of rotatable bonds is 7. The Hall–Kier alpha value is -1.46. The zero-order valence-electron chi connectivity index (χ0n) is 11.3. The highest BCUT2D eigenvalue weighted by atomic mass is 16.5. The molecule has 5 heteroatoms. The minimum Gasteiger partial charge on any atom is -0.493 e. The van der Waals surface area contributed by atoms with E-state index in [1.54, 1.807) is 27.4 Å². The number of aliphatic hydroxyl groups excluding tert-OH is 1. The van der Waals surface area contributed by atoms with Gasteiger partial charge in [0.1, 0.15) is 0 Å². The second-order valence-electron chi connectivity index (χ2n) is 3.72. The number of aliphatic hydroxyl groups is 1. The molecule has 0 spiro atoms. The van der Waals surface area contributed by atoms with Gasteiger partial charge in [0, 0.05) is 5.56 Å². The molecule has 0 saturated heterocycles. The lowest BCUT2D eigenvalue weighted by Crippen LogP contribution is -2.24. The molecule has 1 rings (SSSR count). The summed E-state index contributed by atoms with van der Waals surface area (Å²) in [6.07, 6.45) is 0. The summed E-state index contributed by atoms with van der Waals surface area (Å²) in [4.78, 5) is 0. The van der Waals surface area contributed by atoms with Crippen molar-refractivity contribution < 1.29 is 19.3 Å². The molecule has 0 aliphatic heterocycles. The van der Waals surface area contributed by atoms with Crippen LogP contribution in [0.25, 0.3) is 0 Å². The zero-order valence-corrected chi connectivity index (χ0v) is 11.3. The Bertz CT molecular complexity index is 381. The fourth-order valence-corrected chi connectivity index (χ4v) is 1.92. The third-order valence-corrected chi connectivity index (χ3v) is 2.74. The predicted octanol–water partition coefficient (Wildman–Crippen LogP) is 1.36. The summed E-state index contributed by atoms with van der Waals surface area (Å²) in [7, 11) is 4.71. The van der Waals surface area contributed by atoms with Crippen LogP contribution in [0.2, 0.25) is 0 Å². The summed E-state index contributed by atoms with van der Waals surface area (Å²) >= 11 is 0. The van der Waals surface area contributed by atoms with Crippen molar-refractivity contribution >= 4 is 0 Å². The fourth-order valence-electron chi connectivity index (χ4n) is 1.92. The van der Waals surface area contributed by atoms with E-state index in [9.17, 15) is 5.11 Å². The Morgan fingerprint density at radius 1 is 1.11 bits per heavy atom. The fraction of sp³-hybridized carbons (Fsp3) is 0.538. The topological polar surface area (TPSA) is 60.0 Å². The lowest BCUT2D eigenvalue weighted by molar-refractivity contribution is 0.241. The quantitative estimate of drug-likeness (QED) is 0.770. The van der Waals surface area contributed by atoms with Gasteiger partial charge in [0.2, 0.25) is 5.75 Å². The Balaban J connectivity index is 3.26. The number of hydrogen-bond acceptors (Lipinski definition) is 5. The third kappa shape index (κ3) is 2.86. The maximum absolute atomic E-state index is 9.43. The van der Waals surface area contributed by atoms with Gasteiger partial charge in [0.15, 0.2) is 11.5 Å². The number of methoxy groups -OCH3 is 3. The summed E-state index contributed by atoms with van der Waals surface area (Å²) in [6.45, 7) is 2.72. The number of hydrogen-bond donors (Lipinski definition) is 2. The summed E-state index contributed by atoms with van der Waals surface area (Å²) in [5, 5.41) is 12.6. The van der Waals surface area contributed by atoms with Crippen molar-refractivity contribution in [3.8, 4) is 17.2 Å². The summed E-state index contributed by atoms with van der Waals surface area (Å²) in [5.74, 6) is 1.72. The van der Waals surface area contributed by atoms with Crippen molar-refractivity contribution in [2.75, 3.05) is 34.5 Å². The molecule has 1 aromatic rings. The Labute approximate surface area is 108 Å². The van der Waals surface area contributed by atoms with E-state index in [1.165, 1.54) is 0 Å². The van der Waals surface area contributed by atoms with E-state index in [2.05, 4.69) is 5.32 Å². The van der Waals surface area contributed by atoms with Crippen molar-refractivity contribution in [3.05, 3.63) is 17.7 Å². The van der Waals surface area contributed by atoms with E-state index in [4.69, 9.17) is 14.2 Å². The smallest absolute Gasteiger partial charge is 0.203 e. The molecule has 0 fully saturated rings. The number of benzene rings is 1. The van der Waals surface area contributed by atoms with Gasteiger partial charge in [-0.05, 0) is 18.7 Å². The monoisotopic (exact) mass is 255 g/mol. The molecule has 1 atom stereocenters. The van der Waals surface area contributed by atoms with Gasteiger partial charge >= 0.3 is 0 Å². The van der Waals surface area contributed by atoms with Crippen LogP contribution in [0.1, 0.15) is 18.5 Å². The molecular weight excluding hydrogens is 234 g/mol. The van der Waals surface area contributed by atoms with Gasteiger partial charge in [0.25, 0.3) is 0 Å². The molecule has 0 radical (unpaired) electrons. The van der Waals surface area contributed by atoms with Crippen LogP contribution in [0.3, 0.4) is 0 Å². The van der Waals surface area contributed by atoms with Gasteiger partial charge in [-0.3, -0.25) is 0 Å². The first-order valence-electron chi connectivity index (χ1n) is 5.86. The molecule has 18 heavy (non-hydrogen) atoms. The first kappa shape index (κ1) is 14.6. The van der Waals surface area contributed by atoms with E-state index >= 15 is 0 Å². The summed E-state index contributed by atoms with van der Waals surface area (Å²) in [5.41, 5.74) is 0.847. The summed E-state index contributed by atoms with van der Waals surface area (Å²) in [6, 6.07) is 3.48. The largest absolute Gasteiger partial charge is 0.493 e. The van der Waals surface area contributed by atoms with Gasteiger partial charge in [-0.25, -0.2) is 0 Å². The average Bonchev–Trinajstić information content (AvgIpc) is 2.42. The van der Waals surface area contributed by atoms with Crippen LogP contribution >= 0.6 is 0 Å². The highest BCUT2D eigenvalue weighted by Gasteiger charge is 2.21. The molecule has 1 aromatic carbocycles. The number of ether oxygens (including phenoxy) is 3. The predicted molar refractivity (Wildman–Crippen MR) is 69.6 cm³/mol. The minimum absolute atomic E-state index is 0.0142. The van der Waals surface area contributed by atoms with E-state index < -0.39 is 0 Å². The number of likely N-dealkylation sites (N-methyl/N-ethyl adjacent to an activating group) is 1. The molecule has 1 unspecified atom stereocenters. The van der Waals surface area contributed by atoms with Crippen molar-refractivity contribution in [2.45, 2.75) is 13.0 Å². The van der Waals surface area contributed by atoms with Crippen LogP contribution in [-0.2, 0) is 0 Å². The molecule has 0 aromatic heterocycles. The molecule has 0 amide bonds. The van der Waals surface area contributed by atoms with Gasteiger partial charge in [-0.2, -0.15) is 0 Å². The average molecular weight is 255 g/mol. The minimum atomic E-state index is -0.190. The van der Waals surface area contributed by atoms with Gasteiger partial charge in [0.05, 0.1) is 34.0 Å². The second-order valence-corrected chi connectivity index (χ2v) is 3.72. The molecule has 0 heterocycles. The van der Waals surface area contributed by atoms with Crippen LogP contribution in [0, 0.1) is 0 Å². The van der Waals surface area contributed by atoms with Crippen molar-refractivity contribution in [3.63, 3.8) is 0 Å². The Kier molecular flexibility index (Phi) is 5.74. The first-order valence-corrected chi connectivity index (χ1v) is 5.86. The molecule has 0 aliphatic carbocycles. The molecule has 0 saturated carbocycles. The first-order chi connectivity index (χ1) is 8.73. The van der Waals surface area contributed by atoms with Gasteiger partial charge in [-0.15, -0.1) is 0 Å². The van der Waals surface area contributed by atoms with E-state index in [-0.39, 0.29) is 12.6 Å². The molecular formula is C13H21NO4. The second kappa shape index (κ2) is 7.08. The maximum Gasteiger partial charge on any atom is 0.203 e. The lowest BCUT2D eigenvalue weighted by Gasteiger charge is -2.21. The van der Waals surface area contributed by atoms with Crippen LogP contribution in [0.4, 0.5) is 0 Å². The van der Waals surface area contributed by atoms with Crippen molar-refractivity contribution in [1.82, 2.24) is 5.32 Å². The highest BCUT2D eigenvalue weighted by molar-refractivity contribution is 5.56. The molecule has 0 aliphatic rings. The number of nitrogens with one attached hydrogen (secondary N) is 1. The standard InChI is InChI=1S/C13H21NO4/c1-5-14-10(8-15)9-6-7-11(16-2)13(18-4)12(9)17-3/h6-7,10,14-15H,5,8H2,1-4H3.